The van der Waals surface area contributed by atoms with Crippen LogP contribution in [0.4, 0.5) is 4.79 Å². The van der Waals surface area contributed by atoms with Gasteiger partial charge in [-0.1, -0.05) is 56.7 Å². The molecule has 1 atom stereocenters. The summed E-state index contributed by atoms with van der Waals surface area (Å²) in [5.74, 6) is 0. The monoisotopic (exact) mass is 480 g/mol. The second kappa shape index (κ2) is 6.65. The maximum atomic E-state index is 12.4. The number of amides is 1. The summed E-state index contributed by atoms with van der Waals surface area (Å²) in [6.07, 6.45) is 1.71. The zero-order valence-corrected chi connectivity index (χ0v) is 17.1. The lowest BCUT2D eigenvalue weighted by atomic mass is 10.1. The van der Waals surface area contributed by atoms with E-state index in [0.717, 1.165) is 23.9 Å². The Kier molecular flexibility index (Phi) is 5.44. The van der Waals surface area contributed by atoms with E-state index in [4.69, 9.17) is 4.74 Å². The van der Waals surface area contributed by atoms with Crippen molar-refractivity contribution in [1.29, 1.82) is 0 Å². The highest BCUT2D eigenvalue weighted by molar-refractivity contribution is 14.1. The molecule has 0 aliphatic carbocycles. The van der Waals surface area contributed by atoms with Crippen LogP contribution < -0.4 is 0 Å². The van der Waals surface area contributed by atoms with Gasteiger partial charge in [-0.25, -0.2) is 9.80 Å². The molecule has 1 amide bonds. The van der Waals surface area contributed by atoms with Gasteiger partial charge in [0, 0.05) is 18.1 Å². The molecule has 0 spiro atoms. The van der Waals surface area contributed by atoms with E-state index in [1.54, 1.807) is 12.1 Å². The van der Waals surface area contributed by atoms with Crippen molar-refractivity contribution in [3.63, 3.8) is 0 Å². The van der Waals surface area contributed by atoms with E-state index in [2.05, 4.69) is 49.6 Å². The van der Waals surface area contributed by atoms with Crippen molar-refractivity contribution in [2.75, 3.05) is 13.6 Å². The summed E-state index contributed by atoms with van der Waals surface area (Å²) < 4.78 is 6.32. The summed E-state index contributed by atoms with van der Waals surface area (Å²) >= 11 is 6.09. The first kappa shape index (κ1) is 18.0. The Balaban J connectivity index is 2.27. The number of hydrogen-bond donors (Lipinski definition) is 0. The zero-order chi connectivity index (χ0) is 16.5. The minimum atomic E-state index is -0.494. The van der Waals surface area contributed by atoms with Gasteiger partial charge in [0.1, 0.15) is 9.15 Å². The molecule has 122 valence electrons. The van der Waals surface area contributed by atoms with Crippen molar-refractivity contribution in [3.05, 3.63) is 34.3 Å². The fourth-order valence-electron chi connectivity index (χ4n) is 2.63. The molecule has 0 bridgehead atoms. The van der Waals surface area contributed by atoms with Crippen LogP contribution in [0.25, 0.3) is 0 Å². The summed E-state index contributed by atoms with van der Waals surface area (Å²) in [6, 6.07) is 8.19. The third-order valence-electron chi connectivity index (χ3n) is 3.59. The molecule has 0 N–H and O–H groups in total. The van der Waals surface area contributed by atoms with Crippen molar-refractivity contribution >= 4 is 44.6 Å². The molecule has 0 aromatic heterocycles. The Morgan fingerprint density at radius 2 is 2.05 bits per heavy atom. The van der Waals surface area contributed by atoms with Gasteiger partial charge < -0.3 is 4.74 Å². The average Bonchev–Trinajstić information content (AvgIpc) is 2.79. The molecule has 1 aromatic carbocycles. The van der Waals surface area contributed by atoms with Crippen LogP contribution in [-0.2, 0) is 8.28 Å². The Bertz CT molecular complexity index is 561. The zero-order valence-electron chi connectivity index (χ0n) is 13.4. The number of carbonyl (C=O) groups excluding carboxylic acids is 1. The fraction of sp³-hybridized carbons (Fsp3) is 0.562. The summed E-state index contributed by atoms with van der Waals surface area (Å²) in [7, 11) is 1.78. The number of halogens is 2. The van der Waals surface area contributed by atoms with Crippen LogP contribution in [0.15, 0.2) is 28.7 Å². The number of alkyl halides is 1. The maximum absolute atomic E-state index is 12.4. The first-order chi connectivity index (χ1) is 10.1. The van der Waals surface area contributed by atoms with E-state index in [1.165, 1.54) is 5.56 Å². The number of ether oxygens (including phenoxy) is 1. The van der Waals surface area contributed by atoms with Crippen LogP contribution in [0, 0.1) is 0 Å². The SMILES string of the molecule is CN(C(=O)OC(C)(C)C)N1CCCC1(I)c1ccccc1Br. The molecule has 6 heteroatoms. The number of hydrogen-bond acceptors (Lipinski definition) is 3. The minimum absolute atomic E-state index is 0.247. The third-order valence-corrected chi connectivity index (χ3v) is 5.96. The highest BCUT2D eigenvalue weighted by Crippen LogP contribution is 2.47. The summed E-state index contributed by atoms with van der Waals surface area (Å²) in [6.45, 7) is 6.48. The molecule has 0 saturated carbocycles. The van der Waals surface area contributed by atoms with E-state index in [0.29, 0.717) is 0 Å². The lowest BCUT2D eigenvalue weighted by molar-refractivity contribution is -0.0485. The second-order valence-corrected chi connectivity index (χ2v) is 9.11. The Hall–Kier alpha value is -0.340. The quantitative estimate of drug-likeness (QED) is 0.342. The number of nitrogens with zero attached hydrogens (tertiary/aromatic N) is 2. The van der Waals surface area contributed by atoms with Gasteiger partial charge in [0.15, 0.2) is 0 Å². The molecule has 1 aromatic rings. The highest BCUT2D eigenvalue weighted by atomic mass is 127. The average molecular weight is 481 g/mol. The Morgan fingerprint density at radius 1 is 1.41 bits per heavy atom. The molecule has 1 aliphatic heterocycles. The molecule has 1 fully saturated rings. The minimum Gasteiger partial charge on any atom is -0.443 e. The van der Waals surface area contributed by atoms with Gasteiger partial charge in [0.2, 0.25) is 0 Å². The molecule has 4 nitrogen and oxygen atoms in total. The van der Waals surface area contributed by atoms with E-state index in [1.807, 2.05) is 39.0 Å². The molecule has 22 heavy (non-hydrogen) atoms. The molecule has 1 aliphatic rings. The molecule has 1 heterocycles. The first-order valence-corrected chi connectivity index (χ1v) is 9.20. The number of carbonyl (C=O) groups is 1. The fourth-order valence-corrected chi connectivity index (χ4v) is 5.03. The van der Waals surface area contributed by atoms with E-state index < -0.39 is 5.60 Å². The van der Waals surface area contributed by atoms with Crippen LogP contribution in [-0.4, -0.2) is 35.3 Å². The van der Waals surface area contributed by atoms with Crippen LogP contribution in [0.3, 0.4) is 0 Å². The van der Waals surface area contributed by atoms with Gasteiger partial charge >= 0.3 is 6.09 Å². The smallest absolute Gasteiger partial charge is 0.424 e. The summed E-state index contributed by atoms with van der Waals surface area (Å²) in [4.78, 5) is 12.4. The maximum Gasteiger partial charge on any atom is 0.424 e. The second-order valence-electron chi connectivity index (χ2n) is 6.47. The van der Waals surface area contributed by atoms with Crippen molar-refractivity contribution < 1.29 is 9.53 Å². The van der Waals surface area contributed by atoms with E-state index in [-0.39, 0.29) is 9.64 Å². The Labute approximate surface area is 154 Å². The van der Waals surface area contributed by atoms with Gasteiger partial charge in [-0.05, 0) is 45.2 Å². The summed E-state index contributed by atoms with van der Waals surface area (Å²) in [5, 5.41) is 3.71. The van der Waals surface area contributed by atoms with E-state index in [9.17, 15) is 4.79 Å². The molecular weight excluding hydrogens is 459 g/mol. The molecule has 0 radical (unpaired) electrons. The summed E-state index contributed by atoms with van der Waals surface area (Å²) in [5.41, 5.74) is 0.690. The van der Waals surface area contributed by atoms with Crippen LogP contribution in [0.5, 0.6) is 0 Å². The van der Waals surface area contributed by atoms with Gasteiger partial charge in [0.25, 0.3) is 0 Å². The molecule has 2 rings (SSSR count). The van der Waals surface area contributed by atoms with Gasteiger partial charge in [0.05, 0.1) is 0 Å². The van der Waals surface area contributed by atoms with Crippen molar-refractivity contribution in [2.45, 2.75) is 42.8 Å². The first-order valence-electron chi connectivity index (χ1n) is 7.33. The molecule has 1 saturated heterocycles. The third kappa shape index (κ3) is 3.76. The Morgan fingerprint density at radius 3 is 2.64 bits per heavy atom. The molecule has 1 unspecified atom stereocenters. The van der Waals surface area contributed by atoms with Gasteiger partial charge in [-0.3, -0.25) is 0 Å². The number of benzene rings is 1. The predicted molar refractivity (Wildman–Crippen MR) is 99.8 cm³/mol. The normalized spacial score (nSPS) is 22.6. The number of hydrazine groups is 1. The molecular formula is C16H22BrIN2O2. The number of rotatable bonds is 2. The van der Waals surface area contributed by atoms with Crippen molar-refractivity contribution in [1.82, 2.24) is 10.0 Å². The topological polar surface area (TPSA) is 32.8 Å². The van der Waals surface area contributed by atoms with Gasteiger partial charge in [-0.15, -0.1) is 0 Å². The standard InChI is InChI=1S/C16H22BrIN2O2/c1-15(2,3)22-14(21)19(4)20-11-7-10-16(20,18)12-8-5-6-9-13(12)17/h5-6,8-9H,7,10-11H2,1-4H3. The lowest BCUT2D eigenvalue weighted by Gasteiger charge is -2.40. The van der Waals surface area contributed by atoms with Crippen molar-refractivity contribution in [2.24, 2.45) is 0 Å². The van der Waals surface area contributed by atoms with E-state index >= 15 is 0 Å². The lowest BCUT2D eigenvalue weighted by Crippen LogP contribution is -2.51. The van der Waals surface area contributed by atoms with Gasteiger partial charge in [-0.2, -0.15) is 5.01 Å². The highest BCUT2D eigenvalue weighted by Gasteiger charge is 2.45. The predicted octanol–water partition coefficient (Wildman–Crippen LogP) is 4.91. The largest absolute Gasteiger partial charge is 0.443 e. The van der Waals surface area contributed by atoms with Crippen LogP contribution in [0.1, 0.15) is 39.2 Å². The van der Waals surface area contributed by atoms with Crippen molar-refractivity contribution in [3.8, 4) is 0 Å². The van der Waals surface area contributed by atoms with Crippen LogP contribution in [0.2, 0.25) is 0 Å². The van der Waals surface area contributed by atoms with Crippen LogP contribution >= 0.6 is 38.5 Å².